The number of anilines is 3. The van der Waals surface area contributed by atoms with Gasteiger partial charge in [-0.15, -0.1) is 0 Å². The molecule has 0 radical (unpaired) electrons. The first kappa shape index (κ1) is 39.0. The fourth-order valence-electron chi connectivity index (χ4n) is 6.96. The zero-order valence-corrected chi connectivity index (χ0v) is 33.5. The van der Waals surface area contributed by atoms with Gasteiger partial charge in [0, 0.05) is 72.7 Å². The van der Waals surface area contributed by atoms with Crippen LogP contribution in [0.15, 0.2) is 35.7 Å². The Hall–Kier alpha value is -5.88. The lowest BCUT2D eigenvalue weighted by atomic mass is 10.1. The topological polar surface area (TPSA) is 201 Å². The van der Waals surface area contributed by atoms with E-state index in [9.17, 15) is 24.0 Å². The summed E-state index contributed by atoms with van der Waals surface area (Å²) in [4.78, 5) is 75.1. The molecule has 2 aliphatic carbocycles. The number of piperazine rings is 1. The van der Waals surface area contributed by atoms with Gasteiger partial charge in [0.2, 0.25) is 11.8 Å². The average molecular weight is 813 g/mol. The van der Waals surface area contributed by atoms with Crippen LogP contribution in [0.25, 0.3) is 23.4 Å². The summed E-state index contributed by atoms with van der Waals surface area (Å²) in [6.45, 7) is 12.6. The van der Waals surface area contributed by atoms with Crippen LogP contribution in [0, 0.1) is 0 Å². The maximum absolute atomic E-state index is 12.9. The molecule has 0 aromatic carbocycles. The van der Waals surface area contributed by atoms with Crippen molar-refractivity contribution in [2.45, 2.75) is 83.9 Å². The number of nitrogens with one attached hydrogen (secondary N) is 3. The maximum Gasteiger partial charge on any atom is 0.416 e. The van der Waals surface area contributed by atoms with Gasteiger partial charge in [-0.1, -0.05) is 18.5 Å². The van der Waals surface area contributed by atoms with Crippen LogP contribution >= 0.6 is 11.6 Å². The lowest BCUT2D eigenvalue weighted by molar-refractivity contribution is -0.125. The summed E-state index contributed by atoms with van der Waals surface area (Å²) in [5.41, 5.74) is 2.46. The Labute approximate surface area is 338 Å². The predicted octanol–water partition coefficient (Wildman–Crippen LogP) is 3.59. The predicted molar refractivity (Wildman–Crippen MR) is 215 cm³/mol. The van der Waals surface area contributed by atoms with Crippen LogP contribution in [0.3, 0.4) is 0 Å². The third kappa shape index (κ3) is 8.52. The lowest BCUT2D eigenvalue weighted by Gasteiger charge is -2.35. The minimum atomic E-state index is -0.651. The minimum absolute atomic E-state index is 0.00393. The fraction of sp³-hybridized carbons (Fsp3) is 0.462. The average Bonchev–Trinajstić information content (AvgIpc) is 4.04. The molecule has 18 nitrogen and oxygen atoms in total. The first-order valence-electron chi connectivity index (χ1n) is 19.5. The molecule has 7 heterocycles. The molecule has 5 amide bonds. The quantitative estimate of drug-likeness (QED) is 0.133. The number of hydrogen-bond donors (Lipinski definition) is 3. The zero-order chi connectivity index (χ0) is 40.9. The van der Waals surface area contributed by atoms with Gasteiger partial charge < -0.3 is 19.9 Å². The van der Waals surface area contributed by atoms with Crippen molar-refractivity contribution in [3.05, 3.63) is 52.0 Å². The third-order valence-electron chi connectivity index (χ3n) is 10.2. The molecule has 0 bridgehead atoms. The van der Waals surface area contributed by atoms with Crippen molar-refractivity contribution in [3.63, 3.8) is 0 Å². The Morgan fingerprint density at radius 2 is 1.47 bits per heavy atom. The van der Waals surface area contributed by atoms with E-state index >= 15 is 0 Å². The monoisotopic (exact) mass is 812 g/mol. The molecule has 304 valence electrons. The third-order valence-corrected chi connectivity index (χ3v) is 10.4. The lowest BCUT2D eigenvalue weighted by Crippen LogP contribution is -2.46. The van der Waals surface area contributed by atoms with Crippen LogP contribution < -0.4 is 25.8 Å². The molecule has 5 fully saturated rings. The highest BCUT2D eigenvalue weighted by atomic mass is 35.5. The van der Waals surface area contributed by atoms with E-state index in [0.29, 0.717) is 39.9 Å². The number of likely N-dealkylation sites (N-methyl/N-ethyl adjacent to an activating group) is 1. The molecule has 5 aliphatic rings. The molecule has 2 saturated carbocycles. The van der Waals surface area contributed by atoms with Gasteiger partial charge in [-0.05, 0) is 65.2 Å². The second kappa shape index (κ2) is 15.5. The Kier molecular flexibility index (Phi) is 10.4. The molecular formula is C39H45ClN12O6. The highest BCUT2D eigenvalue weighted by Gasteiger charge is 2.38. The van der Waals surface area contributed by atoms with E-state index in [-0.39, 0.29) is 41.8 Å². The van der Waals surface area contributed by atoms with Gasteiger partial charge in [0.05, 0.1) is 25.2 Å². The second-order valence-electron chi connectivity index (χ2n) is 16.0. The molecule has 4 aromatic rings. The van der Waals surface area contributed by atoms with Crippen molar-refractivity contribution in [1.82, 2.24) is 44.7 Å². The number of amides is 5. The van der Waals surface area contributed by atoms with Gasteiger partial charge in [0.15, 0.2) is 11.3 Å². The summed E-state index contributed by atoms with van der Waals surface area (Å²) in [6, 6.07) is 4.11. The Bertz CT molecular complexity index is 2400. The smallest absolute Gasteiger partial charge is 0.416 e. The second-order valence-corrected chi connectivity index (χ2v) is 16.4. The molecule has 0 spiro atoms. The van der Waals surface area contributed by atoms with Crippen LogP contribution in [0.4, 0.5) is 22.2 Å². The van der Waals surface area contributed by atoms with Crippen molar-refractivity contribution in [1.29, 1.82) is 0 Å². The number of nitrogens with zero attached hydrogens (tertiary/aromatic N) is 9. The van der Waals surface area contributed by atoms with Crippen LogP contribution in [-0.4, -0.2) is 114 Å². The number of halogens is 1. The summed E-state index contributed by atoms with van der Waals surface area (Å²) in [5, 5.41) is 17.1. The summed E-state index contributed by atoms with van der Waals surface area (Å²) < 4.78 is 8.86. The number of fused-ring (bicyclic) bond motifs is 2. The number of ether oxygens (including phenoxy) is 1. The summed E-state index contributed by atoms with van der Waals surface area (Å²) in [5.74, 6) is 0.881. The molecule has 9 rings (SSSR count). The van der Waals surface area contributed by atoms with E-state index < -0.39 is 17.6 Å². The molecule has 0 unspecified atom stereocenters. The number of carbonyl (C=O) groups excluding carboxylic acids is 5. The Morgan fingerprint density at radius 1 is 0.879 bits per heavy atom. The minimum Gasteiger partial charge on any atom is -0.443 e. The number of imide groups is 2. The van der Waals surface area contributed by atoms with Crippen LogP contribution in [-0.2, 0) is 23.9 Å². The number of hydrogen-bond acceptors (Lipinski definition) is 13. The van der Waals surface area contributed by atoms with Gasteiger partial charge in [0.1, 0.15) is 28.2 Å². The summed E-state index contributed by atoms with van der Waals surface area (Å²) >= 11 is 6.24. The van der Waals surface area contributed by atoms with E-state index in [0.717, 1.165) is 75.6 Å². The standard InChI is InChI=1S/C20H25N7O2.C19H20ClN5O4/c1-2-25-5-7-26(8-6-25)16-11-17(22-15-3-4-15)27-19(23-16)14(12-21-27)9-13-10-18(28)24-20(13)29;1-19(2,3)29-18(28)24(12-4-5-12)15-8-13(20)22-16-11(9-21-25(15)16)6-10-7-14(26)23-17(10)27/h9,11-12,15,22H,2-8,10H2,1H3,(H,24,28,29);6,8-9,12H,4-5,7H2,1-3H3,(H,23,26,27)/b13-9+;10-6+. The SMILES string of the molecule is CC(C)(C)OC(=O)N(c1cc(Cl)nc2c(/C=C3\CC(=O)NC3=O)cnn12)C1CC1.CCN1CCN(c2cc(NC3CC3)n3ncc(/C=C4\CC(=O)NC4=O)c3n2)CC1. The molecule has 4 aromatic heterocycles. The molecule has 58 heavy (non-hydrogen) atoms. The van der Waals surface area contributed by atoms with Gasteiger partial charge in [0.25, 0.3) is 11.8 Å². The van der Waals surface area contributed by atoms with Crippen molar-refractivity contribution in [2.24, 2.45) is 0 Å². The van der Waals surface area contributed by atoms with E-state index in [1.165, 1.54) is 10.7 Å². The van der Waals surface area contributed by atoms with Crippen molar-refractivity contribution < 1.29 is 28.7 Å². The molecule has 19 heteroatoms. The maximum atomic E-state index is 12.9. The van der Waals surface area contributed by atoms with Crippen LogP contribution in [0.5, 0.6) is 0 Å². The van der Waals surface area contributed by atoms with E-state index in [1.54, 1.807) is 54.6 Å². The van der Waals surface area contributed by atoms with E-state index in [4.69, 9.17) is 21.3 Å². The normalized spacial score (nSPS) is 20.2. The molecule has 0 atom stereocenters. The number of rotatable bonds is 8. The zero-order valence-electron chi connectivity index (χ0n) is 32.7. The number of carbonyl (C=O) groups is 5. The molecular weight excluding hydrogens is 768 g/mol. The van der Waals surface area contributed by atoms with Gasteiger partial charge in [-0.3, -0.25) is 34.7 Å². The Morgan fingerprint density at radius 3 is 1.98 bits per heavy atom. The number of aromatic nitrogens is 6. The first-order valence-corrected chi connectivity index (χ1v) is 19.9. The highest BCUT2D eigenvalue weighted by Crippen LogP contribution is 2.35. The largest absolute Gasteiger partial charge is 0.443 e. The molecule has 3 aliphatic heterocycles. The summed E-state index contributed by atoms with van der Waals surface area (Å²) in [7, 11) is 0. The Balaban J connectivity index is 0.000000162. The van der Waals surface area contributed by atoms with Crippen molar-refractivity contribution in [3.8, 4) is 0 Å². The summed E-state index contributed by atoms with van der Waals surface area (Å²) in [6.07, 6.45) is 10.1. The highest BCUT2D eigenvalue weighted by molar-refractivity contribution is 6.30. The molecule has 3 N–H and O–H groups in total. The molecule has 3 saturated heterocycles. The van der Waals surface area contributed by atoms with Gasteiger partial charge in [-0.2, -0.15) is 19.2 Å². The van der Waals surface area contributed by atoms with E-state index in [1.807, 2.05) is 0 Å². The van der Waals surface area contributed by atoms with E-state index in [2.05, 4.69) is 53.9 Å². The van der Waals surface area contributed by atoms with Crippen LogP contribution in [0.2, 0.25) is 5.15 Å². The fourth-order valence-corrected chi connectivity index (χ4v) is 7.14. The first-order chi connectivity index (χ1) is 27.7. The van der Waals surface area contributed by atoms with Crippen LogP contribution in [0.1, 0.15) is 77.3 Å². The van der Waals surface area contributed by atoms with Gasteiger partial charge in [-0.25, -0.2) is 14.8 Å². The van der Waals surface area contributed by atoms with Gasteiger partial charge >= 0.3 is 6.09 Å². The van der Waals surface area contributed by atoms with Crippen molar-refractivity contribution >= 4 is 82.2 Å². The van der Waals surface area contributed by atoms with Crippen molar-refractivity contribution in [2.75, 3.05) is 47.8 Å².